The second kappa shape index (κ2) is 9.40. The summed E-state index contributed by atoms with van der Waals surface area (Å²) in [6.07, 6.45) is 3.23. The highest BCUT2D eigenvalue weighted by Gasteiger charge is 2.05. The lowest BCUT2D eigenvalue weighted by molar-refractivity contribution is 0.414. The maximum absolute atomic E-state index is 5.45. The van der Waals surface area contributed by atoms with E-state index in [1.165, 1.54) is 0 Å². The molecule has 0 saturated carbocycles. The van der Waals surface area contributed by atoms with Gasteiger partial charge in [-0.05, 0) is 26.9 Å². The van der Waals surface area contributed by atoms with Crippen molar-refractivity contribution >= 4 is 17.8 Å². The van der Waals surface area contributed by atoms with E-state index in [1.54, 1.807) is 6.21 Å². The fraction of sp³-hybridized carbons (Fsp3) is 0.889. The van der Waals surface area contributed by atoms with Crippen molar-refractivity contribution in [3.63, 3.8) is 0 Å². The van der Waals surface area contributed by atoms with Crippen molar-refractivity contribution in [1.82, 2.24) is 16.0 Å². The van der Waals surface area contributed by atoms with Crippen molar-refractivity contribution in [3.05, 3.63) is 0 Å². The molecular weight excluding hydrogens is 200 g/mol. The zero-order chi connectivity index (χ0) is 10.8. The number of hydrogen-bond donors (Lipinski definition) is 3. The van der Waals surface area contributed by atoms with Crippen LogP contribution in [0, 0.1) is 0 Å². The van der Waals surface area contributed by atoms with Gasteiger partial charge in [0.2, 0.25) is 0 Å². The summed E-state index contributed by atoms with van der Waals surface area (Å²) in [6, 6.07) is 0.302. The van der Waals surface area contributed by atoms with Gasteiger partial charge in [-0.1, -0.05) is 6.92 Å². The van der Waals surface area contributed by atoms with Crippen LogP contribution in [0.4, 0.5) is 0 Å². The Morgan fingerprint density at radius 2 is 2.21 bits per heavy atom. The van der Waals surface area contributed by atoms with Crippen LogP contribution < -0.4 is 16.0 Å². The van der Waals surface area contributed by atoms with Crippen LogP contribution in [0.2, 0.25) is 0 Å². The molecule has 14 heavy (non-hydrogen) atoms. The van der Waals surface area contributed by atoms with Crippen LogP contribution in [0.3, 0.4) is 0 Å². The summed E-state index contributed by atoms with van der Waals surface area (Å²) in [6.45, 7) is 5.23. The predicted octanol–water partition coefficient (Wildman–Crippen LogP) is 0.734. The standard InChI is InChI=1S/C9H21ClN4/c1-4-5-13-8(2)14-9(11-3)6-12-7-10/h6,8-9,11,13-14H,4-5,7H2,1-3H3/b12-6+/t8-,9?/m1/s1. The average molecular weight is 221 g/mol. The Morgan fingerprint density at radius 3 is 2.71 bits per heavy atom. The van der Waals surface area contributed by atoms with Gasteiger partial charge in [0.05, 0.1) is 12.3 Å². The van der Waals surface area contributed by atoms with E-state index in [2.05, 4.69) is 34.8 Å². The van der Waals surface area contributed by atoms with Gasteiger partial charge in [-0.2, -0.15) is 0 Å². The van der Waals surface area contributed by atoms with Gasteiger partial charge in [-0.15, -0.1) is 11.6 Å². The van der Waals surface area contributed by atoms with Gasteiger partial charge in [-0.3, -0.25) is 10.3 Å². The zero-order valence-corrected chi connectivity index (χ0v) is 9.93. The molecule has 5 heteroatoms. The van der Waals surface area contributed by atoms with Crippen LogP contribution in [0.1, 0.15) is 20.3 Å². The minimum absolute atomic E-state index is 0.0631. The van der Waals surface area contributed by atoms with Crippen LogP contribution in [-0.2, 0) is 0 Å². The fourth-order valence-corrected chi connectivity index (χ4v) is 1.11. The Hall–Kier alpha value is -0.160. The molecule has 0 saturated heterocycles. The molecule has 0 rings (SSSR count). The smallest absolute Gasteiger partial charge is 0.113 e. The number of hydrogen-bond acceptors (Lipinski definition) is 4. The summed E-state index contributed by atoms with van der Waals surface area (Å²) in [5.74, 6) is 0. The summed E-state index contributed by atoms with van der Waals surface area (Å²) >= 11 is 5.45. The van der Waals surface area contributed by atoms with Gasteiger partial charge in [-0.25, -0.2) is 0 Å². The maximum Gasteiger partial charge on any atom is 0.113 e. The third-order valence-corrected chi connectivity index (χ3v) is 1.90. The molecule has 0 bridgehead atoms. The Kier molecular flexibility index (Phi) is 9.29. The van der Waals surface area contributed by atoms with Crippen LogP contribution in [-0.4, -0.2) is 38.1 Å². The Morgan fingerprint density at radius 1 is 1.50 bits per heavy atom. The summed E-state index contributed by atoms with van der Waals surface area (Å²) in [5, 5.41) is 9.72. The molecule has 1 unspecified atom stereocenters. The predicted molar refractivity (Wildman–Crippen MR) is 63.0 cm³/mol. The highest BCUT2D eigenvalue weighted by molar-refractivity contribution is 6.18. The van der Waals surface area contributed by atoms with Crippen molar-refractivity contribution < 1.29 is 0 Å². The largest absolute Gasteiger partial charge is 0.302 e. The summed E-state index contributed by atoms with van der Waals surface area (Å²) in [7, 11) is 1.88. The second-order valence-corrected chi connectivity index (χ2v) is 3.30. The molecule has 0 aliphatic carbocycles. The maximum atomic E-state index is 5.45. The Bertz CT molecular complexity index is 152. The molecule has 0 aromatic rings. The monoisotopic (exact) mass is 220 g/mol. The molecule has 0 amide bonds. The summed E-state index contributed by atoms with van der Waals surface area (Å²) < 4.78 is 0. The molecule has 84 valence electrons. The average Bonchev–Trinajstić information content (AvgIpc) is 2.21. The zero-order valence-electron chi connectivity index (χ0n) is 9.18. The Balaban J connectivity index is 3.73. The molecular formula is C9H21ClN4. The van der Waals surface area contributed by atoms with Crippen LogP contribution in [0.25, 0.3) is 0 Å². The SMILES string of the molecule is CCCN[C@@H](C)NC(/C=N/CCl)NC. The lowest BCUT2D eigenvalue weighted by Gasteiger charge is -2.20. The minimum atomic E-state index is 0.0631. The summed E-state index contributed by atoms with van der Waals surface area (Å²) in [5.41, 5.74) is 0. The molecule has 3 N–H and O–H groups in total. The third kappa shape index (κ3) is 7.26. The van der Waals surface area contributed by atoms with Gasteiger partial charge < -0.3 is 10.6 Å². The number of aliphatic imine (C=N–C) groups is 1. The highest BCUT2D eigenvalue weighted by Crippen LogP contribution is 1.82. The van der Waals surface area contributed by atoms with Gasteiger partial charge in [0, 0.05) is 6.21 Å². The van der Waals surface area contributed by atoms with Crippen molar-refractivity contribution in [2.24, 2.45) is 4.99 Å². The molecule has 0 aromatic heterocycles. The van der Waals surface area contributed by atoms with E-state index in [4.69, 9.17) is 11.6 Å². The van der Waals surface area contributed by atoms with Crippen LogP contribution in [0.15, 0.2) is 4.99 Å². The van der Waals surface area contributed by atoms with E-state index in [1.807, 2.05) is 7.05 Å². The van der Waals surface area contributed by atoms with Crippen molar-refractivity contribution in [3.8, 4) is 0 Å². The highest BCUT2D eigenvalue weighted by atomic mass is 35.5. The van der Waals surface area contributed by atoms with Crippen molar-refractivity contribution in [2.75, 3.05) is 19.6 Å². The van der Waals surface area contributed by atoms with E-state index in [0.29, 0.717) is 6.00 Å². The molecule has 0 heterocycles. The summed E-state index contributed by atoms with van der Waals surface area (Å²) in [4.78, 5) is 3.96. The van der Waals surface area contributed by atoms with E-state index in [0.717, 1.165) is 13.0 Å². The number of nitrogens with zero attached hydrogens (tertiary/aromatic N) is 1. The number of nitrogens with one attached hydrogen (secondary N) is 3. The lowest BCUT2D eigenvalue weighted by atomic mass is 10.4. The van der Waals surface area contributed by atoms with E-state index < -0.39 is 0 Å². The van der Waals surface area contributed by atoms with Crippen LogP contribution in [0.5, 0.6) is 0 Å². The lowest BCUT2D eigenvalue weighted by Crippen LogP contribution is -2.51. The first-order chi connectivity index (χ1) is 6.74. The molecule has 0 aliphatic rings. The van der Waals surface area contributed by atoms with Crippen molar-refractivity contribution in [1.29, 1.82) is 0 Å². The fourth-order valence-electron chi connectivity index (χ4n) is 1.04. The second-order valence-electron chi connectivity index (χ2n) is 3.06. The van der Waals surface area contributed by atoms with E-state index in [9.17, 15) is 0 Å². The molecule has 0 aromatic carbocycles. The molecule has 0 spiro atoms. The molecule has 0 fully saturated rings. The topological polar surface area (TPSA) is 48.5 Å². The first-order valence-corrected chi connectivity index (χ1v) is 5.50. The number of rotatable bonds is 8. The molecule has 0 radical (unpaired) electrons. The quantitative estimate of drug-likeness (QED) is 0.245. The first kappa shape index (κ1) is 13.8. The normalized spacial score (nSPS) is 16.0. The van der Waals surface area contributed by atoms with Crippen LogP contribution >= 0.6 is 11.6 Å². The number of alkyl halides is 1. The minimum Gasteiger partial charge on any atom is -0.302 e. The van der Waals surface area contributed by atoms with E-state index >= 15 is 0 Å². The molecule has 0 aliphatic heterocycles. The molecule has 2 atom stereocenters. The number of halogens is 1. The first-order valence-electron chi connectivity index (χ1n) is 4.97. The van der Waals surface area contributed by atoms with Gasteiger partial charge in [0.15, 0.2) is 0 Å². The van der Waals surface area contributed by atoms with Crippen molar-refractivity contribution in [2.45, 2.75) is 32.6 Å². The van der Waals surface area contributed by atoms with Gasteiger partial charge in [0.25, 0.3) is 0 Å². The van der Waals surface area contributed by atoms with E-state index in [-0.39, 0.29) is 12.3 Å². The van der Waals surface area contributed by atoms with Gasteiger partial charge >= 0.3 is 0 Å². The molecule has 4 nitrogen and oxygen atoms in total. The Labute approximate surface area is 91.5 Å². The van der Waals surface area contributed by atoms with Gasteiger partial charge in [0.1, 0.15) is 6.00 Å². The third-order valence-electron chi connectivity index (χ3n) is 1.76.